The summed E-state index contributed by atoms with van der Waals surface area (Å²) in [5.74, 6) is -1.27. The fraction of sp³-hybridized carbons (Fsp3) is 0.244. The highest BCUT2D eigenvalue weighted by atomic mass is 32.2. The molecule has 4 aromatic carbocycles. The number of aliphatic imine (C=N–C) groups is 1. The van der Waals surface area contributed by atoms with Crippen molar-refractivity contribution in [1.29, 1.82) is 0 Å². The van der Waals surface area contributed by atoms with Crippen molar-refractivity contribution < 1.29 is 37.7 Å². The average molecular weight is 795 g/mol. The summed E-state index contributed by atoms with van der Waals surface area (Å²) in [5, 5.41) is 19.0. The minimum Gasteiger partial charge on any atom is -0.480 e. The first-order chi connectivity index (χ1) is 27.2. The van der Waals surface area contributed by atoms with E-state index in [1.54, 1.807) is 24.3 Å². The Bertz CT molecular complexity index is 2400. The molecule has 0 saturated carbocycles. The van der Waals surface area contributed by atoms with Gasteiger partial charge in [0, 0.05) is 53.9 Å². The van der Waals surface area contributed by atoms with Crippen LogP contribution in [0.3, 0.4) is 0 Å². The molecule has 0 radical (unpaired) electrons. The third kappa shape index (κ3) is 8.45. The summed E-state index contributed by atoms with van der Waals surface area (Å²) in [7, 11) is 0. The summed E-state index contributed by atoms with van der Waals surface area (Å²) in [6, 6.07) is 22.0. The van der Waals surface area contributed by atoms with Gasteiger partial charge in [-0.1, -0.05) is 48.5 Å². The Kier molecular flexibility index (Phi) is 12.1. The number of anilines is 1. The number of aliphatic carboxylic acids is 1. The quantitative estimate of drug-likeness (QED) is 0.0334. The molecule has 5 N–H and O–H groups in total. The number of nitrogens with one attached hydrogen (secondary N) is 2. The predicted octanol–water partition coefficient (Wildman–Crippen LogP) is 6.11. The highest BCUT2D eigenvalue weighted by Crippen LogP contribution is 2.30. The zero-order valence-electron chi connectivity index (χ0n) is 29.9. The van der Waals surface area contributed by atoms with E-state index in [2.05, 4.69) is 20.5 Å². The van der Waals surface area contributed by atoms with Crippen LogP contribution in [0, 0.1) is 0 Å². The summed E-state index contributed by atoms with van der Waals surface area (Å²) in [4.78, 5) is 59.1. The van der Waals surface area contributed by atoms with Crippen molar-refractivity contribution in [2.24, 2.45) is 4.99 Å². The number of carboxylic acids is 1. The summed E-state index contributed by atoms with van der Waals surface area (Å²) < 4.78 is 30.0. The number of carbonyl (C=O) groups is 3. The van der Waals surface area contributed by atoms with Gasteiger partial charge in [-0.15, -0.1) is 0 Å². The van der Waals surface area contributed by atoms with E-state index in [1.807, 2.05) is 66.7 Å². The van der Waals surface area contributed by atoms with Crippen LogP contribution >= 0.6 is 24.1 Å². The van der Waals surface area contributed by atoms with Crippen molar-refractivity contribution >= 4 is 86.0 Å². The van der Waals surface area contributed by atoms with E-state index < -0.39 is 41.6 Å². The maximum absolute atomic E-state index is 13.6. The number of fused-ring (bicyclic) bond motifs is 4. The maximum Gasteiger partial charge on any atom is 0.349 e. The lowest BCUT2D eigenvalue weighted by atomic mass is 9.96. The molecule has 0 spiro atoms. The Hall–Kier alpha value is -5.61. The third-order valence-electron chi connectivity index (χ3n) is 9.64. The summed E-state index contributed by atoms with van der Waals surface area (Å²) in [5.41, 5.74) is 1.24. The molecule has 56 heavy (non-hydrogen) atoms. The number of benzene rings is 4. The number of carbonyl (C=O) groups excluding carboxylic acids is 2. The second-order valence-electron chi connectivity index (χ2n) is 13.3. The average Bonchev–Trinajstić information content (AvgIpc) is 3.63. The Morgan fingerprint density at radius 1 is 0.857 bits per heavy atom. The molecule has 2 amide bonds. The van der Waals surface area contributed by atoms with Gasteiger partial charge in [0.25, 0.3) is 11.8 Å². The summed E-state index contributed by atoms with van der Waals surface area (Å²) >= 11 is 1.57. The molecule has 7 rings (SSSR count). The molecule has 5 aromatic rings. The minimum absolute atomic E-state index is 0.0546. The van der Waals surface area contributed by atoms with Crippen LogP contribution in [0.1, 0.15) is 28.8 Å². The number of hydrogen-bond donors (Lipinski definition) is 5. The van der Waals surface area contributed by atoms with Crippen LogP contribution in [0.2, 0.25) is 0 Å². The molecule has 2 heterocycles. The van der Waals surface area contributed by atoms with Gasteiger partial charge in [-0.25, -0.2) is 14.6 Å². The van der Waals surface area contributed by atoms with Crippen molar-refractivity contribution in [3.63, 3.8) is 0 Å². The van der Waals surface area contributed by atoms with Gasteiger partial charge in [-0.2, -0.15) is 0 Å². The lowest BCUT2D eigenvalue weighted by Gasteiger charge is -2.24. The lowest BCUT2D eigenvalue weighted by Crippen LogP contribution is -2.49. The van der Waals surface area contributed by atoms with Crippen LogP contribution in [-0.4, -0.2) is 87.2 Å². The van der Waals surface area contributed by atoms with Gasteiger partial charge in [0.05, 0.1) is 5.56 Å². The Morgan fingerprint density at radius 3 is 2.20 bits per heavy atom. The van der Waals surface area contributed by atoms with Gasteiger partial charge in [-0.05, 0) is 101 Å². The number of hydrogen-bond acceptors (Lipinski definition) is 12. The highest BCUT2D eigenvalue weighted by molar-refractivity contribution is 7.93. The van der Waals surface area contributed by atoms with Crippen molar-refractivity contribution in [1.82, 2.24) is 10.6 Å². The minimum atomic E-state index is -1.44. The van der Waals surface area contributed by atoms with Crippen molar-refractivity contribution in [3.8, 4) is 0 Å². The number of ether oxygens (including phenoxy) is 1. The maximum atomic E-state index is 13.6. The molecule has 15 heteroatoms. The molecule has 1 aliphatic carbocycles. The zero-order valence-corrected chi connectivity index (χ0v) is 31.6. The number of nitrogens with zero attached hydrogens (tertiary/aromatic N) is 2. The first kappa shape index (κ1) is 38.7. The highest BCUT2D eigenvalue weighted by Gasteiger charge is 2.34. The van der Waals surface area contributed by atoms with Gasteiger partial charge in [0.1, 0.15) is 29.3 Å². The molecular weight excluding hydrogens is 757 g/mol. The third-order valence-corrected chi connectivity index (χ3v) is 10.6. The number of carboxylic acid groups (broad SMARTS) is 1. The van der Waals surface area contributed by atoms with E-state index >= 15 is 0 Å². The monoisotopic (exact) mass is 794 g/mol. The van der Waals surface area contributed by atoms with Crippen molar-refractivity contribution in [3.05, 3.63) is 124 Å². The topological polar surface area (TPSA) is 191 Å². The van der Waals surface area contributed by atoms with E-state index in [1.165, 1.54) is 6.08 Å². The van der Waals surface area contributed by atoms with Crippen LogP contribution in [0.15, 0.2) is 117 Å². The fourth-order valence-corrected chi connectivity index (χ4v) is 7.40. The van der Waals surface area contributed by atoms with Gasteiger partial charge in [0.15, 0.2) is 0 Å². The number of amides is 2. The van der Waals surface area contributed by atoms with Crippen LogP contribution in [0.5, 0.6) is 0 Å². The Labute approximate surface area is 329 Å². The van der Waals surface area contributed by atoms with Crippen LogP contribution < -0.4 is 21.2 Å². The van der Waals surface area contributed by atoms with E-state index in [0.29, 0.717) is 41.1 Å². The molecule has 3 atom stereocenters. The summed E-state index contributed by atoms with van der Waals surface area (Å²) in [6.45, 7) is 0.973. The second kappa shape index (κ2) is 17.5. The SMILES string of the molecule is O=C(NC(CNC(=O)c1c2ccccc2cc2ccccc12)C(=O)O)C1=CC2N=C(c3cc4ccc(N(CCCSO)CCCSO)cc4oc3=O)OC2C=C1. The van der Waals surface area contributed by atoms with Crippen LogP contribution in [-0.2, 0) is 14.3 Å². The standard InChI is InChI=1S/C41H38N4O9S2/c46-37(43-33(40(48)49)23-42-38(47)36-29-9-3-1-7-24(29)19-25-8-2-4-10-30(25)36)27-12-14-34-32(21-27)44-39(53-34)31-20-26-11-13-28(22-35(26)54-41(31)50)45(15-5-17-55-51)16-6-18-56-52/h1-4,7-14,19-22,32-34,51-52H,5-6,15-18,23H2,(H,42,47)(H,43,46)(H,48,49). The summed E-state index contributed by atoms with van der Waals surface area (Å²) in [6.07, 6.45) is 5.54. The van der Waals surface area contributed by atoms with E-state index in [9.17, 15) is 24.3 Å². The van der Waals surface area contributed by atoms with E-state index in [-0.39, 0.29) is 23.6 Å². The molecule has 0 bridgehead atoms. The van der Waals surface area contributed by atoms with Crippen molar-refractivity contribution in [2.45, 2.75) is 31.0 Å². The van der Waals surface area contributed by atoms with E-state index in [0.717, 1.165) is 64.2 Å². The largest absolute Gasteiger partial charge is 0.480 e. The first-order valence-electron chi connectivity index (χ1n) is 18.0. The number of rotatable bonds is 16. The molecule has 288 valence electrons. The smallest absolute Gasteiger partial charge is 0.349 e. The van der Waals surface area contributed by atoms with Gasteiger partial charge >= 0.3 is 11.6 Å². The Balaban J connectivity index is 1.04. The van der Waals surface area contributed by atoms with Gasteiger partial charge < -0.3 is 38.9 Å². The van der Waals surface area contributed by atoms with Crippen molar-refractivity contribution in [2.75, 3.05) is 36.0 Å². The molecule has 0 fully saturated rings. The Morgan fingerprint density at radius 2 is 1.54 bits per heavy atom. The molecular formula is C41H38N4O9S2. The zero-order chi connectivity index (χ0) is 39.2. The normalized spacial score (nSPS) is 16.5. The molecule has 1 aromatic heterocycles. The molecule has 2 aliphatic rings. The lowest BCUT2D eigenvalue weighted by molar-refractivity contribution is -0.141. The first-order valence-corrected chi connectivity index (χ1v) is 19.9. The predicted molar refractivity (Wildman–Crippen MR) is 220 cm³/mol. The van der Waals surface area contributed by atoms with Crippen LogP contribution in [0.4, 0.5) is 5.69 Å². The fourth-order valence-electron chi connectivity index (χ4n) is 6.88. The van der Waals surface area contributed by atoms with Crippen LogP contribution in [0.25, 0.3) is 32.5 Å². The molecule has 13 nitrogen and oxygen atoms in total. The van der Waals surface area contributed by atoms with Gasteiger partial charge in [0.2, 0.25) is 5.90 Å². The molecule has 1 aliphatic heterocycles. The second-order valence-corrected chi connectivity index (χ2v) is 14.6. The molecule has 0 saturated heterocycles. The van der Waals surface area contributed by atoms with E-state index in [4.69, 9.17) is 18.3 Å². The van der Waals surface area contributed by atoms with Gasteiger partial charge in [-0.3, -0.25) is 9.59 Å². The molecule has 3 unspecified atom stereocenters.